The van der Waals surface area contributed by atoms with Gasteiger partial charge in [-0.25, -0.2) is 0 Å². The minimum Gasteiger partial charge on any atom is -0.317 e. The Bertz CT molecular complexity index is 124. The monoisotopic (exact) mass is 214 g/mol. The van der Waals surface area contributed by atoms with E-state index in [1.54, 1.807) is 0 Å². The lowest BCUT2D eigenvalue weighted by atomic mass is 10.2. The second kappa shape index (κ2) is 10.4. The normalized spacial score (nSPS) is 11.6. The van der Waals surface area contributed by atoms with Gasteiger partial charge in [0, 0.05) is 6.04 Å². The van der Waals surface area contributed by atoms with Crippen LogP contribution in [0, 0.1) is 0 Å². The number of unbranched alkanes of at least 4 members (excludes halogenated alkanes) is 2. The van der Waals surface area contributed by atoms with Crippen molar-refractivity contribution in [2.45, 2.75) is 59.4 Å². The first-order valence-electron chi connectivity index (χ1n) is 6.67. The van der Waals surface area contributed by atoms with E-state index in [1.807, 2.05) is 0 Å². The lowest BCUT2D eigenvalue weighted by molar-refractivity contribution is 0.228. The first-order valence-corrected chi connectivity index (χ1v) is 6.67. The summed E-state index contributed by atoms with van der Waals surface area (Å²) in [7, 11) is 0. The van der Waals surface area contributed by atoms with Gasteiger partial charge in [0.1, 0.15) is 0 Å². The van der Waals surface area contributed by atoms with Crippen LogP contribution in [0.3, 0.4) is 0 Å². The summed E-state index contributed by atoms with van der Waals surface area (Å²) in [5.74, 6) is 0. The van der Waals surface area contributed by atoms with Gasteiger partial charge in [0.05, 0.1) is 0 Å². The zero-order valence-corrected chi connectivity index (χ0v) is 11.2. The summed E-state index contributed by atoms with van der Waals surface area (Å²) in [6, 6.07) is 0.702. The fraction of sp³-hybridized carbons (Fsp3) is 1.00. The highest BCUT2D eigenvalue weighted by Crippen LogP contribution is 2.02. The van der Waals surface area contributed by atoms with Crippen LogP contribution in [0.5, 0.6) is 0 Å². The van der Waals surface area contributed by atoms with Crippen LogP contribution in [0.2, 0.25) is 0 Å². The van der Waals surface area contributed by atoms with Gasteiger partial charge in [-0.2, -0.15) is 0 Å². The number of hydrogen-bond donors (Lipinski definition) is 1. The van der Waals surface area contributed by atoms with Crippen molar-refractivity contribution in [1.29, 1.82) is 0 Å². The molecule has 0 aromatic heterocycles. The van der Waals surface area contributed by atoms with Crippen LogP contribution in [-0.4, -0.2) is 37.1 Å². The summed E-state index contributed by atoms with van der Waals surface area (Å²) < 4.78 is 0. The van der Waals surface area contributed by atoms with E-state index in [0.29, 0.717) is 6.04 Å². The Labute approximate surface area is 96.4 Å². The predicted molar refractivity (Wildman–Crippen MR) is 69.4 cm³/mol. The Balaban J connectivity index is 3.22. The molecule has 15 heavy (non-hydrogen) atoms. The van der Waals surface area contributed by atoms with Gasteiger partial charge < -0.3 is 10.2 Å². The topological polar surface area (TPSA) is 15.3 Å². The van der Waals surface area contributed by atoms with Crippen LogP contribution in [0.1, 0.15) is 53.4 Å². The van der Waals surface area contributed by atoms with Gasteiger partial charge in [-0.1, -0.05) is 20.3 Å². The van der Waals surface area contributed by atoms with E-state index in [4.69, 9.17) is 0 Å². The molecular formula is C13H30N2. The fourth-order valence-corrected chi connectivity index (χ4v) is 1.82. The quantitative estimate of drug-likeness (QED) is 0.563. The average molecular weight is 214 g/mol. The minimum atomic E-state index is 0.702. The Morgan fingerprint density at radius 3 is 2.27 bits per heavy atom. The highest BCUT2D eigenvalue weighted by Gasteiger charge is 2.05. The number of nitrogens with one attached hydrogen (secondary N) is 1. The molecule has 0 heterocycles. The Hall–Kier alpha value is -0.0800. The molecule has 0 bridgehead atoms. The third-order valence-corrected chi connectivity index (χ3v) is 2.86. The van der Waals surface area contributed by atoms with Gasteiger partial charge in [-0.05, 0) is 59.3 Å². The van der Waals surface area contributed by atoms with E-state index in [9.17, 15) is 0 Å². The Morgan fingerprint density at radius 1 is 1.00 bits per heavy atom. The third kappa shape index (κ3) is 8.88. The molecule has 0 fully saturated rings. The summed E-state index contributed by atoms with van der Waals surface area (Å²) in [4.78, 5) is 2.54. The smallest absolute Gasteiger partial charge is 0.00384 e. The molecule has 2 nitrogen and oxygen atoms in total. The summed E-state index contributed by atoms with van der Waals surface area (Å²) in [5.41, 5.74) is 0. The van der Waals surface area contributed by atoms with Crippen molar-refractivity contribution in [3.63, 3.8) is 0 Å². The maximum absolute atomic E-state index is 3.45. The number of rotatable bonds is 10. The van der Waals surface area contributed by atoms with Crippen molar-refractivity contribution >= 4 is 0 Å². The van der Waals surface area contributed by atoms with Crippen molar-refractivity contribution in [2.24, 2.45) is 0 Å². The molecule has 0 spiro atoms. The van der Waals surface area contributed by atoms with Crippen LogP contribution >= 0.6 is 0 Å². The molecule has 92 valence electrons. The second-order valence-electron chi connectivity index (χ2n) is 4.53. The molecule has 0 atom stereocenters. The molecule has 0 aromatic rings. The zero-order valence-electron chi connectivity index (χ0n) is 11.2. The Kier molecular flexibility index (Phi) is 10.4. The summed E-state index contributed by atoms with van der Waals surface area (Å²) in [6.07, 6.45) is 5.28. The van der Waals surface area contributed by atoms with Crippen molar-refractivity contribution in [3.8, 4) is 0 Å². The minimum absolute atomic E-state index is 0.702. The first kappa shape index (κ1) is 14.9. The van der Waals surface area contributed by atoms with E-state index in [2.05, 4.69) is 37.9 Å². The molecule has 0 saturated carbocycles. The average Bonchev–Trinajstić information content (AvgIpc) is 2.21. The molecule has 0 aromatic carbocycles. The largest absolute Gasteiger partial charge is 0.317 e. The van der Waals surface area contributed by atoms with Gasteiger partial charge in [-0.3, -0.25) is 0 Å². The van der Waals surface area contributed by atoms with Gasteiger partial charge in [0.2, 0.25) is 0 Å². The molecule has 1 N–H and O–H groups in total. The maximum atomic E-state index is 3.45. The number of hydrogen-bond acceptors (Lipinski definition) is 2. The fourth-order valence-electron chi connectivity index (χ4n) is 1.82. The van der Waals surface area contributed by atoms with Gasteiger partial charge in [0.25, 0.3) is 0 Å². The zero-order chi connectivity index (χ0) is 11.5. The van der Waals surface area contributed by atoms with Crippen LogP contribution < -0.4 is 5.32 Å². The van der Waals surface area contributed by atoms with Crippen LogP contribution in [0.4, 0.5) is 0 Å². The van der Waals surface area contributed by atoms with Gasteiger partial charge >= 0.3 is 0 Å². The Morgan fingerprint density at radius 2 is 1.73 bits per heavy atom. The second-order valence-corrected chi connectivity index (χ2v) is 4.53. The van der Waals surface area contributed by atoms with Crippen molar-refractivity contribution in [2.75, 3.05) is 26.2 Å². The van der Waals surface area contributed by atoms with Crippen molar-refractivity contribution < 1.29 is 0 Å². The van der Waals surface area contributed by atoms with Crippen LogP contribution in [-0.2, 0) is 0 Å². The molecule has 2 heteroatoms. The molecule has 0 amide bonds. The van der Waals surface area contributed by atoms with Crippen molar-refractivity contribution in [3.05, 3.63) is 0 Å². The molecule has 0 rings (SSSR count). The maximum Gasteiger partial charge on any atom is 0.00384 e. The number of nitrogens with zero attached hydrogens (tertiary/aromatic N) is 1. The third-order valence-electron chi connectivity index (χ3n) is 2.86. The molecule has 0 radical (unpaired) electrons. The van der Waals surface area contributed by atoms with Gasteiger partial charge in [0.15, 0.2) is 0 Å². The lowest BCUT2D eigenvalue weighted by Gasteiger charge is -2.24. The first-order chi connectivity index (χ1) is 7.22. The molecule has 0 aliphatic heterocycles. The summed E-state index contributed by atoms with van der Waals surface area (Å²) >= 11 is 0. The van der Waals surface area contributed by atoms with Crippen LogP contribution in [0.25, 0.3) is 0 Å². The van der Waals surface area contributed by atoms with Gasteiger partial charge in [-0.15, -0.1) is 0 Å². The standard InChI is InChI=1S/C13H30N2/c1-5-10-14-11-8-7-9-12-15(6-2)13(3)4/h13-14H,5-12H2,1-4H3. The van der Waals surface area contributed by atoms with E-state index in [1.165, 1.54) is 51.9 Å². The van der Waals surface area contributed by atoms with Crippen LogP contribution in [0.15, 0.2) is 0 Å². The molecular weight excluding hydrogens is 184 g/mol. The summed E-state index contributed by atoms with van der Waals surface area (Å²) in [5, 5.41) is 3.45. The predicted octanol–water partition coefficient (Wildman–Crippen LogP) is 2.89. The molecule has 0 unspecified atom stereocenters. The summed E-state index contributed by atoms with van der Waals surface area (Å²) in [6.45, 7) is 13.9. The molecule has 0 aliphatic rings. The van der Waals surface area contributed by atoms with E-state index in [-0.39, 0.29) is 0 Å². The molecule has 0 saturated heterocycles. The molecule has 0 aliphatic carbocycles. The van der Waals surface area contributed by atoms with Crippen molar-refractivity contribution in [1.82, 2.24) is 10.2 Å². The van der Waals surface area contributed by atoms with E-state index >= 15 is 0 Å². The van der Waals surface area contributed by atoms with E-state index in [0.717, 1.165) is 0 Å². The van der Waals surface area contributed by atoms with E-state index < -0.39 is 0 Å². The highest BCUT2D eigenvalue weighted by molar-refractivity contribution is 4.60. The highest BCUT2D eigenvalue weighted by atomic mass is 15.1. The SMILES string of the molecule is CCCNCCCCCN(CC)C(C)C. The lowest BCUT2D eigenvalue weighted by Crippen LogP contribution is -2.31.